The summed E-state index contributed by atoms with van der Waals surface area (Å²) in [6.45, 7) is 7.79. The number of nitrogens with zero attached hydrogens (tertiary/aromatic N) is 1. The molecule has 2 aliphatic rings. The molecule has 0 amide bonds. The van der Waals surface area contributed by atoms with Crippen LogP contribution in [-0.4, -0.2) is 22.5 Å². The van der Waals surface area contributed by atoms with Crippen LogP contribution in [0.1, 0.15) is 44.7 Å². The third-order valence-corrected chi connectivity index (χ3v) is 4.78. The first-order valence-electron chi connectivity index (χ1n) is 7.56. The van der Waals surface area contributed by atoms with Gasteiger partial charge in [0, 0.05) is 23.6 Å². The van der Waals surface area contributed by atoms with Gasteiger partial charge in [0.15, 0.2) is 0 Å². The number of carbonyl (C=O) groups is 1. The van der Waals surface area contributed by atoms with Gasteiger partial charge in [-0.05, 0) is 56.9 Å². The number of halogens is 1. The first-order valence-corrected chi connectivity index (χ1v) is 8.35. The number of rotatable bonds is 2. The molecule has 4 heteroatoms. The lowest BCUT2D eigenvalue weighted by molar-refractivity contribution is -0.165. The minimum atomic E-state index is -0.377. The van der Waals surface area contributed by atoms with Gasteiger partial charge in [-0.2, -0.15) is 0 Å². The van der Waals surface area contributed by atoms with Crippen LogP contribution in [-0.2, 0) is 22.6 Å². The second-order valence-corrected chi connectivity index (χ2v) is 8.09. The zero-order valence-electron chi connectivity index (χ0n) is 12.9. The van der Waals surface area contributed by atoms with E-state index in [9.17, 15) is 4.79 Å². The third kappa shape index (κ3) is 3.32. The Labute approximate surface area is 134 Å². The lowest BCUT2D eigenvalue weighted by Crippen LogP contribution is -2.46. The Hall–Kier alpha value is -0.870. The monoisotopic (exact) mass is 351 g/mol. The minimum Gasteiger partial charge on any atom is -0.460 e. The van der Waals surface area contributed by atoms with Gasteiger partial charge in [-0.25, -0.2) is 0 Å². The van der Waals surface area contributed by atoms with Crippen LogP contribution in [0.25, 0.3) is 0 Å². The molecule has 21 heavy (non-hydrogen) atoms. The number of benzene rings is 1. The van der Waals surface area contributed by atoms with E-state index < -0.39 is 0 Å². The van der Waals surface area contributed by atoms with Crippen LogP contribution in [0.3, 0.4) is 0 Å². The van der Waals surface area contributed by atoms with Crippen LogP contribution in [0.5, 0.6) is 0 Å². The smallest absolute Gasteiger partial charge is 0.309 e. The molecule has 3 nitrogen and oxygen atoms in total. The number of carbonyl (C=O) groups excluding carboxylic acids is 1. The number of hydrogen-bond donors (Lipinski definition) is 0. The fourth-order valence-electron chi connectivity index (χ4n) is 3.11. The Bertz CT molecular complexity index is 558. The molecule has 3 rings (SSSR count). The summed E-state index contributed by atoms with van der Waals surface area (Å²) in [5.41, 5.74) is 2.45. The van der Waals surface area contributed by atoms with E-state index in [0.29, 0.717) is 6.04 Å². The van der Waals surface area contributed by atoms with Gasteiger partial charge >= 0.3 is 5.97 Å². The first kappa shape index (κ1) is 15.0. The van der Waals surface area contributed by atoms with E-state index >= 15 is 0 Å². The van der Waals surface area contributed by atoms with E-state index in [-0.39, 0.29) is 17.5 Å². The van der Waals surface area contributed by atoms with Gasteiger partial charge in [-0.1, -0.05) is 22.0 Å². The minimum absolute atomic E-state index is 0.0294. The summed E-state index contributed by atoms with van der Waals surface area (Å²) in [6, 6.07) is 7.03. The highest BCUT2D eigenvalue weighted by Crippen LogP contribution is 2.38. The van der Waals surface area contributed by atoms with Crippen molar-refractivity contribution in [2.75, 3.05) is 0 Å². The van der Waals surface area contributed by atoms with Gasteiger partial charge in [0.2, 0.25) is 0 Å². The maximum absolute atomic E-state index is 12.0. The number of hydrogen-bond acceptors (Lipinski definition) is 3. The number of esters is 1. The summed E-state index contributed by atoms with van der Waals surface area (Å²) in [7, 11) is 0. The Morgan fingerprint density at radius 3 is 2.57 bits per heavy atom. The van der Waals surface area contributed by atoms with Crippen molar-refractivity contribution in [3.63, 3.8) is 0 Å². The molecule has 0 atom stereocenters. The van der Waals surface area contributed by atoms with Crippen molar-refractivity contribution >= 4 is 21.9 Å². The van der Waals surface area contributed by atoms with Crippen molar-refractivity contribution in [1.82, 2.24) is 4.90 Å². The van der Waals surface area contributed by atoms with Gasteiger partial charge < -0.3 is 4.74 Å². The molecule has 0 unspecified atom stereocenters. The van der Waals surface area contributed by atoms with Crippen LogP contribution in [0.4, 0.5) is 0 Å². The Kier molecular flexibility index (Phi) is 3.87. The number of ether oxygens (including phenoxy) is 1. The molecule has 0 bridgehead atoms. The van der Waals surface area contributed by atoms with Crippen molar-refractivity contribution in [2.45, 2.75) is 58.3 Å². The highest BCUT2D eigenvalue weighted by Gasteiger charge is 2.41. The standard InChI is InChI=1S/C17H22BrNO2/c1-17(2,3)21-16(20)12-7-15(8-12)19-9-11-4-5-14(18)6-13(11)10-19/h4-6,12,15H,7-10H2,1-3H3. The molecule has 1 saturated carbocycles. The van der Waals surface area contributed by atoms with Crippen LogP contribution < -0.4 is 0 Å². The highest BCUT2D eigenvalue weighted by atomic mass is 79.9. The molecule has 0 N–H and O–H groups in total. The summed E-state index contributed by atoms with van der Waals surface area (Å²) < 4.78 is 6.61. The topological polar surface area (TPSA) is 29.5 Å². The molecule has 1 aromatic carbocycles. The lowest BCUT2D eigenvalue weighted by Gasteiger charge is -2.40. The Morgan fingerprint density at radius 2 is 1.90 bits per heavy atom. The highest BCUT2D eigenvalue weighted by molar-refractivity contribution is 9.10. The molecular weight excluding hydrogens is 330 g/mol. The van der Waals surface area contributed by atoms with E-state index in [0.717, 1.165) is 30.4 Å². The summed E-state index contributed by atoms with van der Waals surface area (Å²) >= 11 is 3.53. The molecule has 0 radical (unpaired) electrons. The first-order chi connectivity index (χ1) is 9.82. The molecule has 1 aromatic rings. The quantitative estimate of drug-likeness (QED) is 0.757. The van der Waals surface area contributed by atoms with E-state index in [1.165, 1.54) is 11.1 Å². The summed E-state index contributed by atoms with van der Waals surface area (Å²) in [5.74, 6) is 0.0582. The predicted molar refractivity (Wildman–Crippen MR) is 85.7 cm³/mol. The van der Waals surface area contributed by atoms with Gasteiger partial charge in [-0.15, -0.1) is 0 Å². The molecule has 1 aliphatic carbocycles. The van der Waals surface area contributed by atoms with Crippen LogP contribution in [0.15, 0.2) is 22.7 Å². The average Bonchev–Trinajstić information content (AvgIpc) is 2.66. The average molecular weight is 352 g/mol. The SMILES string of the molecule is CC(C)(C)OC(=O)C1CC(N2Cc3ccc(Br)cc3C2)C1. The summed E-state index contributed by atoms with van der Waals surface area (Å²) in [6.07, 6.45) is 1.87. The van der Waals surface area contributed by atoms with Crippen LogP contribution >= 0.6 is 15.9 Å². The largest absolute Gasteiger partial charge is 0.460 e. The molecule has 0 saturated heterocycles. The normalized spacial score (nSPS) is 25.3. The molecular formula is C17H22BrNO2. The number of fused-ring (bicyclic) bond motifs is 1. The Balaban J connectivity index is 1.53. The van der Waals surface area contributed by atoms with Crippen LogP contribution in [0, 0.1) is 5.92 Å². The summed E-state index contributed by atoms with van der Waals surface area (Å²) in [4.78, 5) is 14.5. The van der Waals surface area contributed by atoms with Gasteiger partial charge in [-0.3, -0.25) is 9.69 Å². The van der Waals surface area contributed by atoms with Crippen molar-refractivity contribution in [1.29, 1.82) is 0 Å². The molecule has 0 spiro atoms. The second-order valence-electron chi connectivity index (χ2n) is 7.17. The van der Waals surface area contributed by atoms with E-state index in [1.807, 2.05) is 20.8 Å². The maximum atomic E-state index is 12.0. The molecule has 1 aliphatic heterocycles. The van der Waals surface area contributed by atoms with Crippen molar-refractivity contribution in [3.8, 4) is 0 Å². The molecule has 1 fully saturated rings. The van der Waals surface area contributed by atoms with Crippen molar-refractivity contribution in [3.05, 3.63) is 33.8 Å². The van der Waals surface area contributed by atoms with E-state index in [4.69, 9.17) is 4.74 Å². The lowest BCUT2D eigenvalue weighted by atomic mass is 9.79. The Morgan fingerprint density at radius 1 is 1.24 bits per heavy atom. The molecule has 0 aromatic heterocycles. The van der Waals surface area contributed by atoms with Crippen LogP contribution in [0.2, 0.25) is 0 Å². The van der Waals surface area contributed by atoms with E-state index in [2.05, 4.69) is 39.0 Å². The second kappa shape index (κ2) is 5.40. The van der Waals surface area contributed by atoms with Gasteiger partial charge in [0.25, 0.3) is 0 Å². The maximum Gasteiger partial charge on any atom is 0.309 e. The fraction of sp³-hybridized carbons (Fsp3) is 0.588. The molecule has 114 valence electrons. The van der Waals surface area contributed by atoms with Gasteiger partial charge in [0.1, 0.15) is 5.60 Å². The predicted octanol–water partition coefficient (Wildman–Crippen LogP) is 3.89. The zero-order valence-corrected chi connectivity index (χ0v) is 14.4. The zero-order chi connectivity index (χ0) is 15.2. The van der Waals surface area contributed by atoms with Gasteiger partial charge in [0.05, 0.1) is 5.92 Å². The molecule has 1 heterocycles. The van der Waals surface area contributed by atoms with Crippen molar-refractivity contribution in [2.24, 2.45) is 5.92 Å². The van der Waals surface area contributed by atoms with Crippen molar-refractivity contribution < 1.29 is 9.53 Å². The summed E-state index contributed by atoms with van der Waals surface area (Å²) in [5, 5.41) is 0. The third-order valence-electron chi connectivity index (χ3n) is 4.28. The van der Waals surface area contributed by atoms with E-state index in [1.54, 1.807) is 0 Å². The fourth-order valence-corrected chi connectivity index (χ4v) is 3.52.